The first-order valence-corrected chi connectivity index (χ1v) is 8.97. The molecular weight excluding hydrogens is 316 g/mol. The lowest BCUT2D eigenvalue weighted by molar-refractivity contribution is -0.121. The molecule has 25 heavy (non-hydrogen) atoms. The van der Waals surface area contributed by atoms with E-state index in [1.165, 1.54) is 5.69 Å². The fourth-order valence-electron chi connectivity index (χ4n) is 3.38. The van der Waals surface area contributed by atoms with E-state index in [2.05, 4.69) is 26.4 Å². The molecule has 0 unspecified atom stereocenters. The fourth-order valence-corrected chi connectivity index (χ4v) is 3.38. The highest BCUT2D eigenvalue weighted by Gasteiger charge is 2.20. The van der Waals surface area contributed by atoms with Gasteiger partial charge in [0.25, 0.3) is 0 Å². The van der Waals surface area contributed by atoms with Crippen LogP contribution in [-0.4, -0.2) is 35.7 Å². The summed E-state index contributed by atoms with van der Waals surface area (Å²) in [5, 5.41) is 7.02. The van der Waals surface area contributed by atoms with Gasteiger partial charge in [-0.3, -0.25) is 9.78 Å². The maximum atomic E-state index is 12.1. The lowest BCUT2D eigenvalue weighted by Crippen LogP contribution is -2.38. The summed E-state index contributed by atoms with van der Waals surface area (Å²) in [5.74, 6) is 1.47. The second kappa shape index (κ2) is 8.14. The van der Waals surface area contributed by atoms with Crippen LogP contribution in [0.4, 0.5) is 5.69 Å². The minimum Gasteiger partial charge on any atom is -0.370 e. The molecule has 6 heteroatoms. The maximum absolute atomic E-state index is 12.1. The van der Waals surface area contributed by atoms with Gasteiger partial charge in [0.05, 0.1) is 17.6 Å². The second-order valence-electron chi connectivity index (χ2n) is 6.75. The number of hydrogen-bond donors (Lipinski definition) is 1. The molecule has 0 radical (unpaired) electrons. The number of nitrogens with zero attached hydrogens (tertiary/aromatic N) is 3. The molecule has 1 fully saturated rings. The number of aryl methyl sites for hydroxylation is 2. The number of carbonyl (C=O) groups excluding carboxylic acids is 1. The molecule has 134 valence electrons. The topological polar surface area (TPSA) is 71.3 Å². The van der Waals surface area contributed by atoms with E-state index in [1.807, 2.05) is 26.1 Å². The highest BCUT2D eigenvalue weighted by Crippen LogP contribution is 2.22. The number of carbonyl (C=O) groups is 1. The number of anilines is 1. The van der Waals surface area contributed by atoms with Gasteiger partial charge in [-0.05, 0) is 51.2 Å². The predicted octanol–water partition coefficient (Wildman–Crippen LogP) is 2.65. The summed E-state index contributed by atoms with van der Waals surface area (Å²) >= 11 is 0. The van der Waals surface area contributed by atoms with Crippen molar-refractivity contribution in [1.82, 2.24) is 15.5 Å². The van der Waals surface area contributed by atoms with Gasteiger partial charge in [-0.1, -0.05) is 5.16 Å². The van der Waals surface area contributed by atoms with Crippen LogP contribution in [0.25, 0.3) is 0 Å². The third-order valence-corrected chi connectivity index (χ3v) is 5.00. The number of rotatable bonds is 6. The van der Waals surface area contributed by atoms with Crippen molar-refractivity contribution in [3.63, 3.8) is 0 Å². The fraction of sp³-hybridized carbons (Fsp3) is 0.526. The Morgan fingerprint density at radius 2 is 2.16 bits per heavy atom. The van der Waals surface area contributed by atoms with Crippen LogP contribution < -0.4 is 10.2 Å². The van der Waals surface area contributed by atoms with E-state index in [0.717, 1.165) is 49.5 Å². The Morgan fingerprint density at radius 3 is 2.80 bits per heavy atom. The van der Waals surface area contributed by atoms with Crippen molar-refractivity contribution in [2.45, 2.75) is 39.5 Å². The van der Waals surface area contributed by atoms with Crippen molar-refractivity contribution in [3.05, 3.63) is 41.5 Å². The first-order chi connectivity index (χ1) is 12.1. The molecular formula is C19H26N4O2. The Bertz CT molecular complexity index is 671. The molecule has 6 nitrogen and oxygen atoms in total. The van der Waals surface area contributed by atoms with Gasteiger partial charge >= 0.3 is 0 Å². The van der Waals surface area contributed by atoms with E-state index >= 15 is 0 Å². The maximum Gasteiger partial charge on any atom is 0.220 e. The summed E-state index contributed by atoms with van der Waals surface area (Å²) in [5.41, 5.74) is 3.12. The van der Waals surface area contributed by atoms with E-state index in [0.29, 0.717) is 18.8 Å². The van der Waals surface area contributed by atoms with Crippen LogP contribution in [0, 0.1) is 19.8 Å². The standard InChI is InChI=1S/C19H26N4O2/c1-14-18(15(2)25-22-14)5-6-19(24)21-12-16-7-10-23(11-8-16)17-4-3-9-20-13-17/h3-4,9,13,16H,5-8,10-12H2,1-2H3,(H,21,24). The zero-order chi connectivity index (χ0) is 17.6. The summed E-state index contributed by atoms with van der Waals surface area (Å²) in [4.78, 5) is 18.7. The van der Waals surface area contributed by atoms with Gasteiger partial charge in [-0.2, -0.15) is 0 Å². The molecule has 0 bridgehead atoms. The number of amides is 1. The Kier molecular flexibility index (Phi) is 5.68. The molecule has 0 atom stereocenters. The average Bonchev–Trinajstić information content (AvgIpc) is 2.97. The third-order valence-electron chi connectivity index (χ3n) is 5.00. The van der Waals surface area contributed by atoms with Gasteiger partial charge in [-0.15, -0.1) is 0 Å². The molecule has 3 rings (SSSR count). The lowest BCUT2D eigenvalue weighted by Gasteiger charge is -2.33. The van der Waals surface area contributed by atoms with E-state index in [4.69, 9.17) is 4.52 Å². The Morgan fingerprint density at radius 1 is 1.36 bits per heavy atom. The lowest BCUT2D eigenvalue weighted by atomic mass is 9.96. The first kappa shape index (κ1) is 17.5. The van der Waals surface area contributed by atoms with Crippen LogP contribution in [0.2, 0.25) is 0 Å². The molecule has 1 aliphatic heterocycles. The van der Waals surface area contributed by atoms with Crippen molar-refractivity contribution >= 4 is 11.6 Å². The molecule has 2 aromatic heterocycles. The van der Waals surface area contributed by atoms with Crippen LogP contribution in [0.15, 0.2) is 29.0 Å². The SMILES string of the molecule is Cc1noc(C)c1CCC(=O)NCC1CCN(c2cccnc2)CC1. The van der Waals surface area contributed by atoms with Gasteiger partial charge in [0, 0.05) is 37.8 Å². The molecule has 0 aromatic carbocycles. The van der Waals surface area contributed by atoms with Gasteiger partial charge in [0.2, 0.25) is 5.91 Å². The summed E-state index contributed by atoms with van der Waals surface area (Å²) in [6.45, 7) is 6.61. The molecule has 0 spiro atoms. The summed E-state index contributed by atoms with van der Waals surface area (Å²) < 4.78 is 5.14. The second-order valence-corrected chi connectivity index (χ2v) is 6.75. The number of nitrogens with one attached hydrogen (secondary N) is 1. The Hall–Kier alpha value is -2.37. The van der Waals surface area contributed by atoms with Crippen LogP contribution in [0.5, 0.6) is 0 Å². The van der Waals surface area contributed by atoms with Gasteiger partial charge in [0.1, 0.15) is 5.76 Å². The summed E-state index contributed by atoms with van der Waals surface area (Å²) in [7, 11) is 0. The first-order valence-electron chi connectivity index (χ1n) is 8.97. The van der Waals surface area contributed by atoms with Gasteiger partial charge in [-0.25, -0.2) is 0 Å². The molecule has 0 saturated carbocycles. The average molecular weight is 342 g/mol. The zero-order valence-electron chi connectivity index (χ0n) is 15.0. The summed E-state index contributed by atoms with van der Waals surface area (Å²) in [6, 6.07) is 4.07. The van der Waals surface area contributed by atoms with Gasteiger partial charge < -0.3 is 14.7 Å². The number of piperidine rings is 1. The highest BCUT2D eigenvalue weighted by molar-refractivity contribution is 5.76. The minimum absolute atomic E-state index is 0.106. The molecule has 2 aromatic rings. The minimum atomic E-state index is 0.106. The van der Waals surface area contributed by atoms with Crippen molar-refractivity contribution in [2.24, 2.45) is 5.92 Å². The predicted molar refractivity (Wildman–Crippen MR) is 96.5 cm³/mol. The third kappa shape index (κ3) is 4.59. The number of hydrogen-bond acceptors (Lipinski definition) is 5. The van der Waals surface area contributed by atoms with Crippen LogP contribution in [-0.2, 0) is 11.2 Å². The van der Waals surface area contributed by atoms with Crippen LogP contribution in [0.3, 0.4) is 0 Å². The Labute approximate surface area is 148 Å². The van der Waals surface area contributed by atoms with Crippen molar-refractivity contribution < 1.29 is 9.32 Å². The van der Waals surface area contributed by atoms with Crippen molar-refractivity contribution in [1.29, 1.82) is 0 Å². The van der Waals surface area contributed by atoms with E-state index in [-0.39, 0.29) is 5.91 Å². The van der Waals surface area contributed by atoms with Crippen LogP contribution in [0.1, 0.15) is 36.3 Å². The smallest absolute Gasteiger partial charge is 0.220 e. The molecule has 3 heterocycles. The van der Waals surface area contributed by atoms with Gasteiger partial charge in [0.15, 0.2) is 0 Å². The largest absolute Gasteiger partial charge is 0.370 e. The number of aromatic nitrogens is 2. The zero-order valence-corrected chi connectivity index (χ0v) is 15.0. The number of pyridine rings is 1. The van der Waals surface area contributed by atoms with Crippen molar-refractivity contribution in [3.8, 4) is 0 Å². The molecule has 1 aliphatic rings. The molecule has 0 aliphatic carbocycles. The van der Waals surface area contributed by atoms with Crippen LogP contribution >= 0.6 is 0 Å². The molecule has 1 amide bonds. The van der Waals surface area contributed by atoms with Crippen molar-refractivity contribution in [2.75, 3.05) is 24.5 Å². The monoisotopic (exact) mass is 342 g/mol. The van der Waals surface area contributed by atoms with E-state index < -0.39 is 0 Å². The van der Waals surface area contributed by atoms with E-state index in [9.17, 15) is 4.79 Å². The highest BCUT2D eigenvalue weighted by atomic mass is 16.5. The Balaban J connectivity index is 1.37. The van der Waals surface area contributed by atoms with E-state index in [1.54, 1.807) is 6.20 Å². The quantitative estimate of drug-likeness (QED) is 0.874. The molecule has 1 N–H and O–H groups in total. The normalized spacial score (nSPS) is 15.4. The summed E-state index contributed by atoms with van der Waals surface area (Å²) in [6.07, 6.45) is 7.08. The molecule has 1 saturated heterocycles.